The summed E-state index contributed by atoms with van der Waals surface area (Å²) in [7, 11) is 0. The van der Waals surface area contributed by atoms with Crippen LogP contribution in [0.3, 0.4) is 0 Å². The summed E-state index contributed by atoms with van der Waals surface area (Å²) < 4.78 is 7.28. The zero-order chi connectivity index (χ0) is 15.3. The molecule has 0 spiro atoms. The van der Waals surface area contributed by atoms with Crippen molar-refractivity contribution in [2.24, 2.45) is 0 Å². The number of anilines is 1. The fraction of sp³-hybridized carbons (Fsp3) is 0.0556. The summed E-state index contributed by atoms with van der Waals surface area (Å²) in [5, 5.41) is 1.78. The van der Waals surface area contributed by atoms with Crippen LogP contribution < -0.4 is 5.73 Å². The van der Waals surface area contributed by atoms with Crippen LogP contribution in [0, 0.1) is 6.92 Å². The lowest BCUT2D eigenvalue weighted by molar-refractivity contribution is 0.0940. The van der Waals surface area contributed by atoms with Gasteiger partial charge in [-0.05, 0) is 42.8 Å². The summed E-state index contributed by atoms with van der Waals surface area (Å²) in [4.78, 5) is 12.7. The number of rotatable bonds is 1. The number of furan rings is 1. The van der Waals surface area contributed by atoms with Crippen molar-refractivity contribution in [1.29, 1.82) is 0 Å². The summed E-state index contributed by atoms with van der Waals surface area (Å²) in [5.41, 5.74) is 9.19. The quantitative estimate of drug-likeness (QED) is 0.540. The molecular weight excluding hydrogens is 276 g/mol. The lowest BCUT2D eigenvalue weighted by atomic mass is 10.2. The first-order valence-electron chi connectivity index (χ1n) is 7.04. The van der Waals surface area contributed by atoms with E-state index in [4.69, 9.17) is 10.2 Å². The number of carbonyl (C=O) groups is 1. The van der Waals surface area contributed by atoms with Gasteiger partial charge in [0.1, 0.15) is 5.58 Å². The zero-order valence-corrected chi connectivity index (χ0v) is 12.0. The molecular formula is C18H14N2O2. The number of carbonyl (C=O) groups excluding carboxylic acids is 1. The Hall–Kier alpha value is -3.01. The second-order valence-electron chi connectivity index (χ2n) is 5.42. The van der Waals surface area contributed by atoms with E-state index in [1.54, 1.807) is 16.8 Å². The molecule has 2 heterocycles. The highest BCUT2D eigenvalue weighted by Gasteiger charge is 2.16. The Morgan fingerprint density at radius 2 is 2.00 bits per heavy atom. The predicted octanol–water partition coefficient (Wildman–Crippen LogP) is 3.97. The number of nitrogen functional groups attached to an aromatic ring is 1. The SMILES string of the molecule is Cc1ccc2cc(C(=O)n3ccc4c(N)cccc43)oc2c1. The predicted molar refractivity (Wildman–Crippen MR) is 87.0 cm³/mol. The summed E-state index contributed by atoms with van der Waals surface area (Å²) in [6, 6.07) is 15.0. The monoisotopic (exact) mass is 290 g/mol. The van der Waals surface area contributed by atoms with E-state index < -0.39 is 0 Å². The van der Waals surface area contributed by atoms with Gasteiger partial charge in [-0.1, -0.05) is 18.2 Å². The Morgan fingerprint density at radius 3 is 2.86 bits per heavy atom. The van der Waals surface area contributed by atoms with Gasteiger partial charge in [-0.2, -0.15) is 0 Å². The number of hydrogen-bond acceptors (Lipinski definition) is 3. The Balaban J connectivity index is 1.86. The average molecular weight is 290 g/mol. The van der Waals surface area contributed by atoms with Crippen LogP contribution in [0.2, 0.25) is 0 Å². The highest BCUT2D eigenvalue weighted by atomic mass is 16.3. The van der Waals surface area contributed by atoms with E-state index in [1.807, 2.05) is 49.4 Å². The Kier molecular flexibility index (Phi) is 2.60. The van der Waals surface area contributed by atoms with E-state index >= 15 is 0 Å². The smallest absolute Gasteiger partial charge is 0.298 e. The molecule has 2 aromatic heterocycles. The van der Waals surface area contributed by atoms with E-state index in [0.717, 1.165) is 27.4 Å². The number of fused-ring (bicyclic) bond motifs is 2. The first kappa shape index (κ1) is 12.7. The molecule has 4 rings (SSSR count). The second-order valence-corrected chi connectivity index (χ2v) is 5.42. The molecule has 4 nitrogen and oxygen atoms in total. The van der Waals surface area contributed by atoms with Gasteiger partial charge < -0.3 is 10.2 Å². The fourth-order valence-electron chi connectivity index (χ4n) is 2.73. The molecule has 0 radical (unpaired) electrons. The van der Waals surface area contributed by atoms with Crippen LogP contribution in [-0.4, -0.2) is 10.5 Å². The summed E-state index contributed by atoms with van der Waals surface area (Å²) in [5.74, 6) is 0.120. The minimum Gasteiger partial charge on any atom is -0.451 e. The number of nitrogens with two attached hydrogens (primary N) is 1. The minimum absolute atomic E-state index is 0.200. The maximum absolute atomic E-state index is 12.7. The van der Waals surface area contributed by atoms with Gasteiger partial charge in [0.15, 0.2) is 5.76 Å². The van der Waals surface area contributed by atoms with Crippen molar-refractivity contribution in [2.75, 3.05) is 5.73 Å². The van der Waals surface area contributed by atoms with Crippen molar-refractivity contribution in [2.45, 2.75) is 6.92 Å². The highest BCUT2D eigenvalue weighted by Crippen LogP contribution is 2.25. The van der Waals surface area contributed by atoms with Gasteiger partial charge in [0.25, 0.3) is 5.91 Å². The molecule has 4 heteroatoms. The van der Waals surface area contributed by atoms with Gasteiger partial charge in [-0.15, -0.1) is 0 Å². The van der Waals surface area contributed by atoms with Gasteiger partial charge in [0.2, 0.25) is 0 Å². The van der Waals surface area contributed by atoms with Crippen LogP contribution in [0.5, 0.6) is 0 Å². The standard InChI is InChI=1S/C18H14N2O2/c1-11-5-6-12-10-17(22-16(12)9-11)18(21)20-8-7-13-14(19)3-2-4-15(13)20/h2-10H,19H2,1H3. The van der Waals surface area contributed by atoms with Gasteiger partial charge in [-0.3, -0.25) is 9.36 Å². The number of aromatic nitrogens is 1. The van der Waals surface area contributed by atoms with Crippen LogP contribution in [0.25, 0.3) is 21.9 Å². The van der Waals surface area contributed by atoms with E-state index in [2.05, 4.69) is 0 Å². The molecule has 4 aromatic rings. The first-order valence-corrected chi connectivity index (χ1v) is 7.04. The molecule has 0 aliphatic heterocycles. The maximum Gasteiger partial charge on any atom is 0.298 e. The van der Waals surface area contributed by atoms with Crippen molar-refractivity contribution in [3.05, 3.63) is 66.1 Å². The topological polar surface area (TPSA) is 61.2 Å². The van der Waals surface area contributed by atoms with E-state index in [1.165, 1.54) is 0 Å². The third-order valence-electron chi connectivity index (χ3n) is 3.87. The van der Waals surface area contributed by atoms with Crippen molar-refractivity contribution < 1.29 is 9.21 Å². The molecule has 2 N–H and O–H groups in total. The van der Waals surface area contributed by atoms with E-state index in [9.17, 15) is 4.79 Å². The van der Waals surface area contributed by atoms with Crippen molar-refractivity contribution >= 4 is 33.5 Å². The summed E-state index contributed by atoms with van der Waals surface area (Å²) in [6.07, 6.45) is 1.72. The number of aryl methyl sites for hydroxylation is 1. The van der Waals surface area contributed by atoms with Crippen LogP contribution in [-0.2, 0) is 0 Å². The Labute approximate surface area is 126 Å². The molecule has 0 saturated carbocycles. The van der Waals surface area contributed by atoms with Crippen LogP contribution in [0.4, 0.5) is 5.69 Å². The molecule has 0 aliphatic carbocycles. The van der Waals surface area contributed by atoms with Gasteiger partial charge in [-0.25, -0.2) is 0 Å². The molecule has 22 heavy (non-hydrogen) atoms. The maximum atomic E-state index is 12.7. The van der Waals surface area contributed by atoms with Crippen molar-refractivity contribution in [1.82, 2.24) is 4.57 Å². The van der Waals surface area contributed by atoms with Crippen LogP contribution in [0.1, 0.15) is 16.1 Å². The lowest BCUT2D eigenvalue weighted by Crippen LogP contribution is -2.09. The van der Waals surface area contributed by atoms with E-state index in [0.29, 0.717) is 11.4 Å². The van der Waals surface area contributed by atoms with E-state index in [-0.39, 0.29) is 5.91 Å². The largest absolute Gasteiger partial charge is 0.451 e. The van der Waals surface area contributed by atoms with Gasteiger partial charge in [0, 0.05) is 22.7 Å². The Morgan fingerprint density at radius 1 is 1.14 bits per heavy atom. The number of nitrogens with zero attached hydrogens (tertiary/aromatic N) is 1. The fourth-order valence-corrected chi connectivity index (χ4v) is 2.73. The van der Waals surface area contributed by atoms with Crippen molar-refractivity contribution in [3.8, 4) is 0 Å². The Bertz CT molecular complexity index is 1020. The number of hydrogen-bond donors (Lipinski definition) is 1. The summed E-state index contributed by atoms with van der Waals surface area (Å²) >= 11 is 0. The molecule has 0 aliphatic rings. The average Bonchev–Trinajstić information content (AvgIpc) is 3.10. The molecule has 0 saturated heterocycles. The van der Waals surface area contributed by atoms with Crippen LogP contribution in [0.15, 0.2) is 59.1 Å². The molecule has 2 aromatic carbocycles. The number of benzene rings is 2. The van der Waals surface area contributed by atoms with Crippen LogP contribution >= 0.6 is 0 Å². The molecule has 0 bridgehead atoms. The third-order valence-corrected chi connectivity index (χ3v) is 3.87. The molecule has 0 amide bonds. The molecule has 0 atom stereocenters. The highest BCUT2D eigenvalue weighted by molar-refractivity contribution is 6.04. The van der Waals surface area contributed by atoms with Gasteiger partial charge >= 0.3 is 0 Å². The summed E-state index contributed by atoms with van der Waals surface area (Å²) in [6.45, 7) is 1.99. The first-order chi connectivity index (χ1) is 10.6. The second kappa shape index (κ2) is 4.49. The van der Waals surface area contributed by atoms with Gasteiger partial charge in [0.05, 0.1) is 5.52 Å². The zero-order valence-electron chi connectivity index (χ0n) is 12.0. The normalized spacial score (nSPS) is 11.3. The molecule has 0 fully saturated rings. The molecule has 108 valence electrons. The minimum atomic E-state index is -0.200. The molecule has 0 unspecified atom stereocenters. The van der Waals surface area contributed by atoms with Crippen molar-refractivity contribution in [3.63, 3.8) is 0 Å². The third kappa shape index (κ3) is 1.81. The lowest BCUT2D eigenvalue weighted by Gasteiger charge is -2.02.